The molecule has 0 aliphatic heterocycles. The Morgan fingerprint density at radius 2 is 1.67 bits per heavy atom. The van der Waals surface area contributed by atoms with Gasteiger partial charge in [-0.3, -0.25) is 5.43 Å². The van der Waals surface area contributed by atoms with Gasteiger partial charge in [0, 0.05) is 10.9 Å². The molecule has 6 nitrogen and oxygen atoms in total. The first-order valence-electron chi connectivity index (χ1n) is 8.00. The lowest BCUT2D eigenvalue weighted by Gasteiger charge is -2.05. The number of aromatic nitrogens is 3. The predicted molar refractivity (Wildman–Crippen MR) is 109 cm³/mol. The lowest BCUT2D eigenvalue weighted by molar-refractivity contribution is 0.415. The molecule has 27 heavy (non-hydrogen) atoms. The van der Waals surface area contributed by atoms with Crippen LogP contribution in [0.25, 0.3) is 21.9 Å². The molecule has 0 atom stereocenters. The summed E-state index contributed by atoms with van der Waals surface area (Å²) in [6, 6.07) is 14.9. The van der Waals surface area contributed by atoms with E-state index in [9.17, 15) is 0 Å². The predicted octanol–water partition coefficient (Wildman–Crippen LogP) is 4.94. The molecule has 0 saturated heterocycles. The van der Waals surface area contributed by atoms with Crippen LogP contribution in [0.3, 0.4) is 0 Å². The van der Waals surface area contributed by atoms with Crippen LogP contribution in [-0.4, -0.2) is 28.3 Å². The van der Waals surface area contributed by atoms with Gasteiger partial charge in [-0.15, -0.1) is 0 Å². The average molecular weight is 398 g/mol. The fraction of sp³-hybridized carbons (Fsp3) is 0.0526. The maximum Gasteiger partial charge on any atom is 0.185 e. The zero-order valence-corrected chi connectivity index (χ0v) is 15.7. The molecule has 2 aromatic carbocycles. The first-order valence-corrected chi connectivity index (χ1v) is 8.75. The maximum absolute atomic E-state index is 6.25. The van der Waals surface area contributed by atoms with E-state index < -0.39 is 0 Å². The van der Waals surface area contributed by atoms with Crippen LogP contribution in [0.4, 0.5) is 5.82 Å². The summed E-state index contributed by atoms with van der Waals surface area (Å²) in [6.45, 7) is 0. The molecule has 4 rings (SSSR count). The Bertz CT molecular complexity index is 1180. The van der Waals surface area contributed by atoms with E-state index >= 15 is 0 Å². The molecule has 0 aliphatic carbocycles. The quantitative estimate of drug-likeness (QED) is 0.300. The van der Waals surface area contributed by atoms with Crippen LogP contribution in [0.15, 0.2) is 53.6 Å². The lowest BCUT2D eigenvalue weighted by Crippen LogP contribution is -1.98. The summed E-state index contributed by atoms with van der Waals surface area (Å²) < 4.78 is 5.24. The molecular weight excluding hydrogens is 385 g/mol. The Morgan fingerprint density at radius 1 is 0.926 bits per heavy atom. The molecule has 8 heteroatoms. The van der Waals surface area contributed by atoms with Gasteiger partial charge in [0.25, 0.3) is 0 Å². The number of anilines is 1. The Hall–Kier alpha value is -2.96. The number of fused-ring (bicyclic) bond motifs is 2. The van der Waals surface area contributed by atoms with Gasteiger partial charge in [0.2, 0.25) is 0 Å². The molecule has 1 N–H and O–H groups in total. The number of nitrogens with one attached hydrogen (secondary N) is 1. The number of rotatable bonds is 4. The second-order valence-corrected chi connectivity index (χ2v) is 6.36. The minimum Gasteiger partial charge on any atom is -0.497 e. The molecule has 0 unspecified atom stereocenters. The summed E-state index contributed by atoms with van der Waals surface area (Å²) in [5, 5.41) is 5.64. The monoisotopic (exact) mass is 397 g/mol. The SMILES string of the molecule is COc1ccc2nc(Cl)c(/C=N/Nc3nc4ccccc4nc3Cl)cc2c1. The second kappa shape index (κ2) is 7.34. The highest BCUT2D eigenvalue weighted by atomic mass is 35.5. The highest BCUT2D eigenvalue weighted by molar-refractivity contribution is 6.32. The minimum absolute atomic E-state index is 0.235. The third kappa shape index (κ3) is 3.63. The van der Waals surface area contributed by atoms with Crippen molar-refractivity contribution in [1.82, 2.24) is 15.0 Å². The third-order valence-corrected chi connectivity index (χ3v) is 4.47. The van der Waals surface area contributed by atoms with Crippen molar-refractivity contribution in [1.29, 1.82) is 0 Å². The van der Waals surface area contributed by atoms with E-state index in [0.29, 0.717) is 22.1 Å². The number of para-hydroxylation sites is 2. The highest BCUT2D eigenvalue weighted by Crippen LogP contribution is 2.24. The Morgan fingerprint density at radius 3 is 2.44 bits per heavy atom. The molecule has 2 aromatic heterocycles. The number of pyridine rings is 1. The zero-order chi connectivity index (χ0) is 18.8. The van der Waals surface area contributed by atoms with Gasteiger partial charge in [-0.25, -0.2) is 15.0 Å². The summed E-state index contributed by atoms with van der Waals surface area (Å²) in [4.78, 5) is 13.1. The minimum atomic E-state index is 0.235. The van der Waals surface area contributed by atoms with Gasteiger partial charge in [-0.1, -0.05) is 35.3 Å². The molecule has 0 spiro atoms. The molecule has 2 heterocycles. The number of benzene rings is 2. The molecule has 0 saturated carbocycles. The fourth-order valence-electron chi connectivity index (χ4n) is 2.58. The molecule has 0 radical (unpaired) electrons. The number of hydrogen-bond acceptors (Lipinski definition) is 6. The van der Waals surface area contributed by atoms with Crippen LogP contribution in [0.5, 0.6) is 5.75 Å². The van der Waals surface area contributed by atoms with Gasteiger partial charge >= 0.3 is 0 Å². The third-order valence-electron chi connectivity index (χ3n) is 3.90. The van der Waals surface area contributed by atoms with Crippen molar-refractivity contribution in [2.24, 2.45) is 5.10 Å². The molecule has 0 bridgehead atoms. The van der Waals surface area contributed by atoms with Crippen LogP contribution in [-0.2, 0) is 0 Å². The summed E-state index contributed by atoms with van der Waals surface area (Å²) in [5.74, 6) is 1.10. The standard InChI is InChI=1S/C19H13Cl2N5O/c1-27-13-6-7-14-11(9-13)8-12(17(20)23-14)10-22-26-19-18(21)24-15-4-2-3-5-16(15)25-19/h2-10H,1H3,(H,25,26)/b22-10+. The Kier molecular flexibility index (Phi) is 4.75. The average Bonchev–Trinajstić information content (AvgIpc) is 2.68. The van der Waals surface area contributed by atoms with Crippen molar-refractivity contribution in [3.63, 3.8) is 0 Å². The van der Waals surface area contributed by atoms with Gasteiger partial charge in [0.1, 0.15) is 10.9 Å². The summed E-state index contributed by atoms with van der Waals surface area (Å²) in [7, 11) is 1.62. The second-order valence-electron chi connectivity index (χ2n) is 5.65. The van der Waals surface area contributed by atoms with Crippen LogP contribution in [0.1, 0.15) is 5.56 Å². The van der Waals surface area contributed by atoms with E-state index in [1.807, 2.05) is 48.5 Å². The van der Waals surface area contributed by atoms with Crippen molar-refractivity contribution >= 4 is 57.2 Å². The molecule has 0 aliphatic rings. The van der Waals surface area contributed by atoms with Crippen molar-refractivity contribution in [3.8, 4) is 5.75 Å². The number of halogens is 2. The van der Waals surface area contributed by atoms with Gasteiger partial charge in [-0.2, -0.15) is 5.10 Å². The molecular formula is C19H13Cl2N5O. The van der Waals surface area contributed by atoms with Crippen molar-refractivity contribution in [2.45, 2.75) is 0 Å². The number of hydrogen-bond donors (Lipinski definition) is 1. The van der Waals surface area contributed by atoms with E-state index in [4.69, 9.17) is 27.9 Å². The van der Waals surface area contributed by atoms with Crippen LogP contribution >= 0.6 is 23.2 Å². The summed E-state index contributed by atoms with van der Waals surface area (Å²) in [5.41, 5.74) is 5.66. The van der Waals surface area contributed by atoms with E-state index in [1.54, 1.807) is 13.3 Å². The number of ether oxygens (including phenoxy) is 1. The van der Waals surface area contributed by atoms with E-state index in [1.165, 1.54) is 0 Å². The first-order chi connectivity index (χ1) is 13.1. The zero-order valence-electron chi connectivity index (χ0n) is 14.1. The Labute approximate surface area is 164 Å². The smallest absolute Gasteiger partial charge is 0.185 e. The molecule has 0 amide bonds. The molecule has 134 valence electrons. The normalized spacial score (nSPS) is 11.4. The largest absolute Gasteiger partial charge is 0.497 e. The highest BCUT2D eigenvalue weighted by Gasteiger charge is 2.07. The van der Waals surface area contributed by atoms with E-state index in [-0.39, 0.29) is 5.15 Å². The number of nitrogens with zero attached hydrogens (tertiary/aromatic N) is 4. The molecule has 0 fully saturated rings. The number of hydrazone groups is 1. The molecule has 4 aromatic rings. The number of methoxy groups -OCH3 is 1. The summed E-state index contributed by atoms with van der Waals surface area (Å²) >= 11 is 12.4. The van der Waals surface area contributed by atoms with Crippen LogP contribution in [0.2, 0.25) is 10.3 Å². The van der Waals surface area contributed by atoms with Gasteiger partial charge in [0.05, 0.1) is 29.9 Å². The van der Waals surface area contributed by atoms with Crippen molar-refractivity contribution < 1.29 is 4.74 Å². The summed E-state index contributed by atoms with van der Waals surface area (Å²) in [6.07, 6.45) is 1.56. The van der Waals surface area contributed by atoms with Crippen molar-refractivity contribution in [3.05, 3.63) is 64.4 Å². The Balaban J connectivity index is 1.63. The maximum atomic E-state index is 6.25. The van der Waals surface area contributed by atoms with Crippen LogP contribution < -0.4 is 10.2 Å². The fourth-order valence-corrected chi connectivity index (χ4v) is 2.95. The van der Waals surface area contributed by atoms with Gasteiger partial charge < -0.3 is 4.74 Å². The van der Waals surface area contributed by atoms with Gasteiger partial charge in [-0.05, 0) is 36.4 Å². The van der Waals surface area contributed by atoms with Crippen molar-refractivity contribution in [2.75, 3.05) is 12.5 Å². The lowest BCUT2D eigenvalue weighted by atomic mass is 10.1. The van der Waals surface area contributed by atoms with Crippen LogP contribution in [0, 0.1) is 0 Å². The van der Waals surface area contributed by atoms with Gasteiger partial charge in [0.15, 0.2) is 11.0 Å². The first kappa shape index (κ1) is 17.5. The topological polar surface area (TPSA) is 72.3 Å². The van der Waals surface area contributed by atoms with E-state index in [0.717, 1.165) is 22.2 Å². The van der Waals surface area contributed by atoms with E-state index in [2.05, 4.69) is 25.5 Å².